The second kappa shape index (κ2) is 8.17. The first-order valence-electron chi connectivity index (χ1n) is 8.68. The Kier molecular flexibility index (Phi) is 6.01. The highest BCUT2D eigenvalue weighted by Gasteiger charge is 2.66. The van der Waals surface area contributed by atoms with Crippen LogP contribution in [0.3, 0.4) is 0 Å². The number of carbonyl (C=O) groups excluding carboxylic acids is 3. The van der Waals surface area contributed by atoms with Crippen molar-refractivity contribution >= 4 is 46.9 Å². The first-order valence-corrected chi connectivity index (χ1v) is 10.6. The number of carbonyl (C=O) groups is 4. The molecular weight excluding hydrogens is 420 g/mol. The average molecular weight is 440 g/mol. The Labute approximate surface area is 175 Å². The fourth-order valence-electron chi connectivity index (χ4n) is 3.36. The van der Waals surface area contributed by atoms with E-state index in [1.165, 1.54) is 37.1 Å². The highest BCUT2D eigenvalue weighted by atomic mass is 32.2. The van der Waals surface area contributed by atoms with Gasteiger partial charge in [0.2, 0.25) is 5.91 Å². The van der Waals surface area contributed by atoms with Gasteiger partial charge < -0.3 is 19.9 Å². The van der Waals surface area contributed by atoms with Gasteiger partial charge in [-0.15, -0.1) is 23.1 Å². The van der Waals surface area contributed by atoms with Gasteiger partial charge in [0.15, 0.2) is 0 Å². The van der Waals surface area contributed by atoms with Crippen LogP contribution in [0.5, 0.6) is 0 Å². The van der Waals surface area contributed by atoms with Crippen LogP contribution in [0.2, 0.25) is 0 Å². The fourth-order valence-corrected chi connectivity index (χ4v) is 5.61. The number of amides is 2. The SMILES string of the molecule is CO[C@@]1(NC(=O)Cc2cccs2)C(=O)N2C(C(=O)O)=C(C(C)OC(C)=O)CS[C@@H]21. The molecule has 1 unspecified atom stereocenters. The van der Waals surface area contributed by atoms with Crippen LogP contribution in [0, 0.1) is 0 Å². The summed E-state index contributed by atoms with van der Waals surface area (Å²) >= 11 is 2.66. The molecule has 0 aromatic carbocycles. The van der Waals surface area contributed by atoms with Crippen LogP contribution in [0.4, 0.5) is 0 Å². The van der Waals surface area contributed by atoms with E-state index in [1.807, 2.05) is 17.5 Å². The number of carboxylic acids is 1. The van der Waals surface area contributed by atoms with Crippen LogP contribution in [0.15, 0.2) is 28.8 Å². The molecule has 0 radical (unpaired) electrons. The maximum Gasteiger partial charge on any atom is 0.352 e. The topological polar surface area (TPSA) is 122 Å². The maximum absolute atomic E-state index is 13.0. The Morgan fingerprint density at radius 1 is 1.45 bits per heavy atom. The van der Waals surface area contributed by atoms with E-state index in [0.29, 0.717) is 5.57 Å². The summed E-state index contributed by atoms with van der Waals surface area (Å²) in [6, 6.07) is 3.63. The van der Waals surface area contributed by atoms with E-state index in [9.17, 15) is 24.3 Å². The van der Waals surface area contributed by atoms with Crippen molar-refractivity contribution in [3.63, 3.8) is 0 Å². The van der Waals surface area contributed by atoms with E-state index >= 15 is 0 Å². The van der Waals surface area contributed by atoms with Crippen LogP contribution in [-0.4, -0.2) is 63.8 Å². The Hall–Kier alpha value is -2.37. The third-order valence-electron chi connectivity index (χ3n) is 4.66. The molecule has 2 amide bonds. The average Bonchev–Trinajstić information content (AvgIpc) is 3.16. The summed E-state index contributed by atoms with van der Waals surface area (Å²) in [6.07, 6.45) is -0.713. The number of thiophene rings is 1. The number of methoxy groups -OCH3 is 1. The quantitative estimate of drug-likeness (QED) is 0.365. The molecule has 2 aliphatic heterocycles. The van der Waals surface area contributed by atoms with Gasteiger partial charge in [0.25, 0.3) is 11.6 Å². The van der Waals surface area contributed by atoms with Crippen molar-refractivity contribution in [2.45, 2.75) is 37.5 Å². The molecule has 1 saturated heterocycles. The lowest BCUT2D eigenvalue weighted by Crippen LogP contribution is -2.80. The van der Waals surface area contributed by atoms with Crippen molar-refractivity contribution in [2.24, 2.45) is 0 Å². The minimum Gasteiger partial charge on any atom is -0.477 e. The molecule has 0 bridgehead atoms. The highest BCUT2D eigenvalue weighted by Crippen LogP contribution is 2.47. The number of nitrogens with one attached hydrogen (secondary N) is 1. The van der Waals surface area contributed by atoms with E-state index in [0.717, 1.165) is 9.78 Å². The van der Waals surface area contributed by atoms with Gasteiger partial charge in [-0.25, -0.2) is 4.79 Å². The van der Waals surface area contributed by atoms with Crippen molar-refractivity contribution in [2.75, 3.05) is 12.9 Å². The molecule has 11 heteroatoms. The first kappa shape index (κ1) is 21.3. The molecule has 156 valence electrons. The number of nitrogens with zero attached hydrogens (tertiary/aromatic N) is 1. The second-order valence-corrected chi connectivity index (χ2v) is 8.61. The standard InChI is InChI=1S/C18H20N2O7S2/c1-9(27-10(2)21)12-8-29-17-18(26-3,16(25)20(17)14(12)15(23)24)19-13(22)7-11-5-4-6-28-11/h4-6,9,17H,7-8H2,1-3H3,(H,19,22)(H,23,24)/t9?,17-,18+/m1/s1. The van der Waals surface area contributed by atoms with Crippen LogP contribution in [0.25, 0.3) is 0 Å². The normalized spacial score (nSPS) is 24.4. The van der Waals surface area contributed by atoms with E-state index in [2.05, 4.69) is 5.32 Å². The number of fused-ring (bicyclic) bond motifs is 1. The maximum atomic E-state index is 13.0. The van der Waals surface area contributed by atoms with Gasteiger partial charge in [-0.2, -0.15) is 0 Å². The molecule has 1 fully saturated rings. The van der Waals surface area contributed by atoms with Crippen molar-refractivity contribution in [1.29, 1.82) is 0 Å². The molecule has 1 aromatic heterocycles. The molecular formula is C18H20N2O7S2. The lowest BCUT2D eigenvalue weighted by Gasteiger charge is -2.56. The predicted octanol–water partition coefficient (Wildman–Crippen LogP) is 0.955. The first-order chi connectivity index (χ1) is 13.7. The molecule has 3 atom stereocenters. The summed E-state index contributed by atoms with van der Waals surface area (Å²) in [6.45, 7) is 2.78. The number of esters is 1. The van der Waals surface area contributed by atoms with Crippen LogP contribution in [0.1, 0.15) is 18.7 Å². The molecule has 0 saturated carbocycles. The summed E-state index contributed by atoms with van der Waals surface area (Å²) in [5.74, 6) is -2.74. The zero-order valence-corrected chi connectivity index (χ0v) is 17.6. The molecule has 0 spiro atoms. The number of rotatable bonds is 7. The van der Waals surface area contributed by atoms with E-state index < -0.39 is 41.0 Å². The Bertz CT molecular complexity index is 883. The monoisotopic (exact) mass is 440 g/mol. The number of thioether (sulfide) groups is 1. The third kappa shape index (κ3) is 3.77. The van der Waals surface area contributed by atoms with Crippen molar-refractivity contribution in [3.05, 3.63) is 33.7 Å². The molecule has 1 aromatic rings. The summed E-state index contributed by atoms with van der Waals surface area (Å²) < 4.78 is 10.5. The van der Waals surface area contributed by atoms with Crippen molar-refractivity contribution in [1.82, 2.24) is 10.2 Å². The van der Waals surface area contributed by atoms with Gasteiger partial charge >= 0.3 is 11.9 Å². The van der Waals surface area contributed by atoms with Crippen LogP contribution in [-0.2, 0) is 35.1 Å². The molecule has 2 N–H and O–H groups in total. The summed E-state index contributed by atoms with van der Waals surface area (Å²) in [4.78, 5) is 50.5. The number of hydrogen-bond donors (Lipinski definition) is 2. The van der Waals surface area contributed by atoms with Gasteiger partial charge in [-0.1, -0.05) is 6.07 Å². The smallest absolute Gasteiger partial charge is 0.352 e. The summed E-state index contributed by atoms with van der Waals surface area (Å²) in [5, 5.41) is 13.4. The zero-order chi connectivity index (χ0) is 21.3. The summed E-state index contributed by atoms with van der Waals surface area (Å²) in [5.41, 5.74) is -1.57. The summed E-state index contributed by atoms with van der Waals surface area (Å²) in [7, 11) is 1.29. The van der Waals surface area contributed by atoms with E-state index in [4.69, 9.17) is 9.47 Å². The molecule has 2 aliphatic rings. The fraction of sp³-hybridized carbons (Fsp3) is 0.444. The van der Waals surface area contributed by atoms with Gasteiger partial charge in [0.05, 0.1) is 6.42 Å². The number of ether oxygens (including phenoxy) is 2. The minimum absolute atomic E-state index is 0.0871. The highest BCUT2D eigenvalue weighted by molar-refractivity contribution is 8.00. The number of β-lactam (4-membered cyclic amide) rings is 1. The molecule has 3 rings (SSSR count). The van der Waals surface area contributed by atoms with Gasteiger partial charge in [0.1, 0.15) is 17.2 Å². The second-order valence-electron chi connectivity index (χ2n) is 6.51. The van der Waals surface area contributed by atoms with Gasteiger partial charge in [0, 0.05) is 30.2 Å². The Balaban J connectivity index is 1.85. The third-order valence-corrected chi connectivity index (χ3v) is 6.87. The molecule has 3 heterocycles. The number of aliphatic carboxylic acids is 1. The van der Waals surface area contributed by atoms with Crippen molar-refractivity contribution < 1.29 is 33.8 Å². The number of hydrogen-bond acceptors (Lipinski definition) is 8. The largest absolute Gasteiger partial charge is 0.477 e. The Morgan fingerprint density at radius 2 is 2.17 bits per heavy atom. The lowest BCUT2D eigenvalue weighted by molar-refractivity contribution is -0.192. The minimum atomic E-state index is -1.64. The Morgan fingerprint density at radius 3 is 2.72 bits per heavy atom. The van der Waals surface area contributed by atoms with Crippen molar-refractivity contribution in [3.8, 4) is 0 Å². The molecule has 0 aliphatic carbocycles. The van der Waals surface area contributed by atoms with E-state index in [1.54, 1.807) is 6.92 Å². The van der Waals surface area contributed by atoms with Gasteiger partial charge in [-0.05, 0) is 18.4 Å². The lowest BCUT2D eigenvalue weighted by atomic mass is 9.96. The van der Waals surface area contributed by atoms with Crippen LogP contribution >= 0.6 is 23.1 Å². The van der Waals surface area contributed by atoms with Gasteiger partial charge in [-0.3, -0.25) is 19.3 Å². The number of carboxylic acid groups (broad SMARTS) is 1. The van der Waals surface area contributed by atoms with E-state index in [-0.39, 0.29) is 17.9 Å². The molecule has 9 nitrogen and oxygen atoms in total. The zero-order valence-electron chi connectivity index (χ0n) is 16.0. The molecule has 29 heavy (non-hydrogen) atoms. The van der Waals surface area contributed by atoms with Crippen LogP contribution < -0.4 is 5.32 Å². The predicted molar refractivity (Wildman–Crippen MR) is 105 cm³/mol.